The number of nitrogens with two attached hydrogens (primary N) is 2. The van der Waals surface area contributed by atoms with E-state index in [-0.39, 0.29) is 5.91 Å². The van der Waals surface area contributed by atoms with Gasteiger partial charge < -0.3 is 26.6 Å². The maximum Gasteiger partial charge on any atom is 0.237 e. The zero-order valence-corrected chi connectivity index (χ0v) is 9.78. The van der Waals surface area contributed by atoms with Crippen molar-refractivity contribution in [1.82, 2.24) is 5.32 Å². The Morgan fingerprint density at radius 2 is 2.07 bits per heavy atom. The van der Waals surface area contributed by atoms with Gasteiger partial charge in [0, 0.05) is 0 Å². The lowest BCUT2D eigenvalue weighted by Crippen LogP contribution is -2.43. The molecular weight excluding hydrogens is 217 g/mol. The molecule has 0 saturated heterocycles. The molecule has 2 atom stereocenters. The minimum atomic E-state index is -2.14. The fraction of sp³-hybridized carbons (Fsp3) is 0.875. The summed E-state index contributed by atoms with van der Waals surface area (Å²) in [5, 5.41) is 2.44. The van der Waals surface area contributed by atoms with Gasteiger partial charge in [-0.2, -0.15) is 0 Å². The van der Waals surface area contributed by atoms with E-state index in [1.807, 2.05) is 0 Å². The number of carbonyl (C=O) groups excluding carboxylic acids is 1. The largest absolute Gasteiger partial charge is 0.349 e. The summed E-state index contributed by atoms with van der Waals surface area (Å²) in [4.78, 5) is 29.0. The van der Waals surface area contributed by atoms with Crippen LogP contribution in [0.3, 0.4) is 0 Å². The van der Waals surface area contributed by atoms with E-state index in [0.29, 0.717) is 13.0 Å². The molecule has 90 valence electrons. The number of carbonyl (C=O) groups is 1. The van der Waals surface area contributed by atoms with Gasteiger partial charge in [-0.25, -0.2) is 0 Å². The van der Waals surface area contributed by atoms with E-state index in [1.54, 1.807) is 0 Å². The second-order valence-corrected chi connectivity index (χ2v) is 4.81. The highest BCUT2D eigenvalue weighted by atomic mass is 31.2. The molecule has 0 spiro atoms. The molecule has 0 heterocycles. The van der Waals surface area contributed by atoms with Crippen LogP contribution in [0.25, 0.3) is 0 Å². The zero-order chi connectivity index (χ0) is 11.8. The second kappa shape index (κ2) is 7.96. The molecule has 6 nitrogen and oxygen atoms in total. The summed E-state index contributed by atoms with van der Waals surface area (Å²) >= 11 is 0. The third-order valence-corrected chi connectivity index (χ3v) is 2.83. The fourth-order valence-corrected chi connectivity index (χ4v) is 1.25. The number of amides is 1. The average Bonchev–Trinajstić information content (AvgIpc) is 2.17. The molecule has 0 aromatic carbocycles. The lowest BCUT2D eigenvalue weighted by Gasteiger charge is -2.17. The standard InChI is InChI=1S/C8H20N3O3P/c1-6(15(13)14)11-8(12)7(10)4-2-3-5-9/h6-7,13-14H,2-5,9-10H2,1H3,(H,11,12)/t6?,7-/m0/s1. The van der Waals surface area contributed by atoms with Gasteiger partial charge >= 0.3 is 0 Å². The van der Waals surface area contributed by atoms with Gasteiger partial charge in [-0.3, -0.25) is 4.79 Å². The van der Waals surface area contributed by atoms with Crippen LogP contribution in [0.15, 0.2) is 0 Å². The van der Waals surface area contributed by atoms with Crippen molar-refractivity contribution in [3.8, 4) is 0 Å². The average molecular weight is 237 g/mol. The van der Waals surface area contributed by atoms with Gasteiger partial charge in [-0.15, -0.1) is 0 Å². The summed E-state index contributed by atoms with van der Waals surface area (Å²) in [6.07, 6.45) is 2.19. The van der Waals surface area contributed by atoms with E-state index < -0.39 is 20.2 Å². The first-order chi connectivity index (χ1) is 6.99. The fourth-order valence-electron chi connectivity index (χ4n) is 1.01. The van der Waals surface area contributed by atoms with Gasteiger partial charge in [0.1, 0.15) is 0 Å². The van der Waals surface area contributed by atoms with Gasteiger partial charge in [0.15, 0.2) is 8.38 Å². The molecule has 0 aromatic heterocycles. The summed E-state index contributed by atoms with van der Waals surface area (Å²) in [6, 6.07) is -0.603. The molecule has 7 N–H and O–H groups in total. The smallest absolute Gasteiger partial charge is 0.237 e. The molecule has 1 unspecified atom stereocenters. The molecule has 0 aliphatic carbocycles. The van der Waals surface area contributed by atoms with Crippen LogP contribution in [0.5, 0.6) is 0 Å². The van der Waals surface area contributed by atoms with E-state index in [0.717, 1.165) is 12.8 Å². The predicted octanol–water partition coefficient (Wildman–Crippen LogP) is -0.799. The lowest BCUT2D eigenvalue weighted by atomic mass is 10.1. The van der Waals surface area contributed by atoms with Gasteiger partial charge in [0.25, 0.3) is 0 Å². The van der Waals surface area contributed by atoms with Crippen molar-refractivity contribution in [2.45, 2.75) is 38.0 Å². The Morgan fingerprint density at radius 3 is 2.53 bits per heavy atom. The molecule has 0 aliphatic rings. The maximum absolute atomic E-state index is 11.4. The van der Waals surface area contributed by atoms with Gasteiger partial charge in [-0.05, 0) is 26.3 Å². The first kappa shape index (κ1) is 14.7. The van der Waals surface area contributed by atoms with Crippen molar-refractivity contribution in [1.29, 1.82) is 0 Å². The highest BCUT2D eigenvalue weighted by Gasteiger charge is 2.18. The summed E-state index contributed by atoms with van der Waals surface area (Å²) < 4.78 is 0. The lowest BCUT2D eigenvalue weighted by molar-refractivity contribution is -0.122. The van der Waals surface area contributed by atoms with Crippen molar-refractivity contribution < 1.29 is 14.6 Å². The van der Waals surface area contributed by atoms with E-state index in [9.17, 15) is 4.79 Å². The van der Waals surface area contributed by atoms with Gasteiger partial charge in [-0.1, -0.05) is 6.42 Å². The highest BCUT2D eigenvalue weighted by molar-refractivity contribution is 7.45. The van der Waals surface area contributed by atoms with Crippen LogP contribution in [0.2, 0.25) is 0 Å². The summed E-state index contributed by atoms with van der Waals surface area (Å²) in [7, 11) is -2.14. The molecule has 0 radical (unpaired) electrons. The number of nitrogens with one attached hydrogen (secondary N) is 1. The second-order valence-electron chi connectivity index (χ2n) is 3.40. The monoisotopic (exact) mass is 237 g/mol. The van der Waals surface area contributed by atoms with E-state index in [2.05, 4.69) is 5.32 Å². The van der Waals surface area contributed by atoms with Crippen molar-refractivity contribution in [3.63, 3.8) is 0 Å². The summed E-state index contributed by atoms with van der Waals surface area (Å²) in [5.74, 6) is -0.997. The normalized spacial score (nSPS) is 15.1. The van der Waals surface area contributed by atoms with Crippen molar-refractivity contribution >= 4 is 14.3 Å². The van der Waals surface area contributed by atoms with E-state index in [4.69, 9.17) is 21.3 Å². The molecule has 0 fully saturated rings. The molecule has 15 heavy (non-hydrogen) atoms. The van der Waals surface area contributed by atoms with Crippen LogP contribution in [0.1, 0.15) is 26.2 Å². The third-order valence-electron chi connectivity index (χ3n) is 2.00. The number of unbranched alkanes of at least 4 members (excludes halogenated alkanes) is 1. The number of hydrogen-bond acceptors (Lipinski definition) is 5. The predicted molar refractivity (Wildman–Crippen MR) is 59.8 cm³/mol. The van der Waals surface area contributed by atoms with Crippen molar-refractivity contribution in [2.24, 2.45) is 11.5 Å². The van der Waals surface area contributed by atoms with Crippen LogP contribution in [-0.4, -0.2) is 34.1 Å². The molecule has 0 rings (SSSR count). The van der Waals surface area contributed by atoms with Crippen molar-refractivity contribution in [2.75, 3.05) is 6.54 Å². The van der Waals surface area contributed by atoms with Crippen LogP contribution < -0.4 is 16.8 Å². The third kappa shape index (κ3) is 6.76. The molecule has 0 aromatic rings. The highest BCUT2D eigenvalue weighted by Crippen LogP contribution is 2.28. The maximum atomic E-state index is 11.4. The molecular formula is C8H20N3O3P. The Balaban J connectivity index is 3.78. The molecule has 0 bridgehead atoms. The van der Waals surface area contributed by atoms with Gasteiger partial charge in [0.05, 0.1) is 11.8 Å². The molecule has 0 aliphatic heterocycles. The first-order valence-corrected chi connectivity index (χ1v) is 6.23. The van der Waals surface area contributed by atoms with Crippen LogP contribution in [0, 0.1) is 0 Å². The molecule has 1 amide bonds. The SMILES string of the molecule is CC(NC(=O)[C@@H](N)CCCCN)P(O)O. The Kier molecular flexibility index (Phi) is 7.82. The summed E-state index contributed by atoms with van der Waals surface area (Å²) in [5.41, 5.74) is 10.9. The van der Waals surface area contributed by atoms with Crippen LogP contribution in [-0.2, 0) is 4.79 Å². The summed E-state index contributed by atoms with van der Waals surface area (Å²) in [6.45, 7) is 2.11. The van der Waals surface area contributed by atoms with Crippen LogP contribution >= 0.6 is 8.38 Å². The first-order valence-electron chi connectivity index (χ1n) is 4.92. The molecule has 0 saturated carbocycles. The number of rotatable bonds is 7. The minimum Gasteiger partial charge on any atom is -0.349 e. The Labute approximate surface area is 90.9 Å². The topological polar surface area (TPSA) is 122 Å². The van der Waals surface area contributed by atoms with E-state index in [1.165, 1.54) is 6.92 Å². The minimum absolute atomic E-state index is 0.352. The Morgan fingerprint density at radius 1 is 1.47 bits per heavy atom. The zero-order valence-electron chi connectivity index (χ0n) is 8.89. The van der Waals surface area contributed by atoms with Gasteiger partial charge in [0.2, 0.25) is 5.91 Å². The Hall–Kier alpha value is -0.260. The number of hydrogen-bond donors (Lipinski definition) is 5. The van der Waals surface area contributed by atoms with Crippen molar-refractivity contribution in [3.05, 3.63) is 0 Å². The Bertz CT molecular complexity index is 192. The quantitative estimate of drug-likeness (QED) is 0.293. The van der Waals surface area contributed by atoms with E-state index >= 15 is 0 Å². The molecule has 7 heteroatoms. The van der Waals surface area contributed by atoms with Crippen LogP contribution in [0.4, 0.5) is 0 Å².